The summed E-state index contributed by atoms with van der Waals surface area (Å²) in [5.74, 6) is 4.93. The molecule has 3 fully saturated rings. The Labute approximate surface area is 64.0 Å². The van der Waals surface area contributed by atoms with E-state index in [4.69, 9.17) is 0 Å². The Morgan fingerprint density at radius 1 is 1.20 bits per heavy atom. The molecule has 3 rings (SSSR count). The van der Waals surface area contributed by atoms with Gasteiger partial charge in [0.05, 0.1) is 0 Å². The van der Waals surface area contributed by atoms with Crippen molar-refractivity contribution >= 4 is 0 Å². The first-order chi connectivity index (χ1) is 4.77. The molecule has 2 bridgehead atoms. The molecular weight excluding hydrogens is 120 g/mol. The van der Waals surface area contributed by atoms with E-state index in [2.05, 4.69) is 13.8 Å². The largest absolute Gasteiger partial charge is 0.0625 e. The molecule has 10 heavy (non-hydrogen) atoms. The van der Waals surface area contributed by atoms with E-state index >= 15 is 0 Å². The minimum Gasteiger partial charge on any atom is -0.0625 e. The third-order valence-electron chi connectivity index (χ3n) is 3.32. The van der Waals surface area contributed by atoms with Crippen LogP contribution in [0.15, 0.2) is 0 Å². The van der Waals surface area contributed by atoms with Gasteiger partial charge in [-0.3, -0.25) is 0 Å². The highest BCUT2D eigenvalue weighted by Crippen LogP contribution is 2.52. The van der Waals surface area contributed by atoms with Gasteiger partial charge in [-0.25, -0.2) is 0 Å². The van der Waals surface area contributed by atoms with E-state index in [0.29, 0.717) is 0 Å². The molecule has 0 heteroatoms. The van der Waals surface area contributed by atoms with Crippen LogP contribution in [0, 0.1) is 23.7 Å². The summed E-state index contributed by atoms with van der Waals surface area (Å²) in [6.07, 6.45) is 6.00. The Balaban J connectivity index is 1.96. The molecule has 57 valence electrons. The van der Waals surface area contributed by atoms with E-state index in [0.717, 1.165) is 17.8 Å². The number of hydrogen-bond acceptors (Lipinski definition) is 0. The zero-order chi connectivity index (χ0) is 7.14. The minimum absolute atomic E-state index is 0.913. The maximum atomic E-state index is 2.37. The second-order valence-electron chi connectivity index (χ2n) is 4.36. The third kappa shape index (κ3) is 0.889. The first-order valence-corrected chi connectivity index (χ1v) is 4.62. The van der Waals surface area contributed by atoms with Gasteiger partial charge in [0.1, 0.15) is 0 Å². The van der Waals surface area contributed by atoms with E-state index in [1.807, 2.05) is 5.92 Å². The molecule has 0 aromatic heterocycles. The summed E-state index contributed by atoms with van der Waals surface area (Å²) in [4.78, 5) is 0. The fourth-order valence-corrected chi connectivity index (χ4v) is 2.61. The molecule has 0 N–H and O–H groups in total. The quantitative estimate of drug-likeness (QED) is 0.521. The molecule has 3 aliphatic rings. The Morgan fingerprint density at radius 3 is 2.20 bits per heavy atom. The van der Waals surface area contributed by atoms with E-state index in [9.17, 15) is 0 Å². The average molecular weight is 137 g/mol. The van der Waals surface area contributed by atoms with Crippen molar-refractivity contribution in [2.24, 2.45) is 17.8 Å². The van der Waals surface area contributed by atoms with Gasteiger partial charge in [0, 0.05) is 0 Å². The van der Waals surface area contributed by atoms with Crippen LogP contribution in [0.4, 0.5) is 0 Å². The van der Waals surface area contributed by atoms with E-state index < -0.39 is 0 Å². The fraction of sp³-hybridized carbons (Fsp3) is 0.900. The van der Waals surface area contributed by atoms with Gasteiger partial charge in [-0.15, -0.1) is 0 Å². The van der Waals surface area contributed by atoms with Crippen molar-refractivity contribution in [2.75, 3.05) is 0 Å². The average Bonchev–Trinajstić information content (AvgIpc) is 1.86. The minimum atomic E-state index is 0.913. The van der Waals surface area contributed by atoms with Crippen LogP contribution >= 0.6 is 0 Å². The van der Waals surface area contributed by atoms with Crippen LogP contribution in [-0.4, -0.2) is 0 Å². The molecular formula is C10H17. The Bertz CT molecular complexity index is 117. The third-order valence-corrected chi connectivity index (χ3v) is 3.32. The molecule has 0 spiro atoms. The van der Waals surface area contributed by atoms with E-state index in [-0.39, 0.29) is 0 Å². The molecule has 0 saturated heterocycles. The molecule has 0 amide bonds. The molecule has 1 atom stereocenters. The van der Waals surface area contributed by atoms with Crippen molar-refractivity contribution in [1.82, 2.24) is 0 Å². The van der Waals surface area contributed by atoms with Gasteiger partial charge in [0.2, 0.25) is 0 Å². The van der Waals surface area contributed by atoms with Gasteiger partial charge in [-0.05, 0) is 42.9 Å². The molecule has 3 saturated carbocycles. The van der Waals surface area contributed by atoms with Gasteiger partial charge in [0.25, 0.3) is 0 Å². The second kappa shape index (κ2) is 2.25. The van der Waals surface area contributed by atoms with E-state index in [1.165, 1.54) is 25.7 Å². The summed E-state index contributed by atoms with van der Waals surface area (Å²) >= 11 is 0. The van der Waals surface area contributed by atoms with Crippen LogP contribution < -0.4 is 0 Å². The maximum Gasteiger partial charge on any atom is -0.0202 e. The van der Waals surface area contributed by atoms with Gasteiger partial charge < -0.3 is 0 Å². The Morgan fingerprint density at radius 2 is 1.90 bits per heavy atom. The van der Waals surface area contributed by atoms with Crippen molar-refractivity contribution in [2.45, 2.75) is 39.5 Å². The smallest absolute Gasteiger partial charge is 0.0202 e. The first kappa shape index (κ1) is 6.69. The SMILES string of the molecule is CC(C)C1CCC2C[C]1C2. The summed E-state index contributed by atoms with van der Waals surface area (Å²) in [5, 5.41) is 0. The van der Waals surface area contributed by atoms with Crippen LogP contribution in [0.1, 0.15) is 39.5 Å². The van der Waals surface area contributed by atoms with Crippen molar-refractivity contribution < 1.29 is 0 Å². The summed E-state index contributed by atoms with van der Waals surface area (Å²) in [7, 11) is 0. The topological polar surface area (TPSA) is 0 Å². The summed E-state index contributed by atoms with van der Waals surface area (Å²) in [6.45, 7) is 4.74. The van der Waals surface area contributed by atoms with Gasteiger partial charge in [-0.2, -0.15) is 0 Å². The Hall–Kier alpha value is 0. The van der Waals surface area contributed by atoms with Crippen molar-refractivity contribution in [3.8, 4) is 0 Å². The van der Waals surface area contributed by atoms with Crippen LogP contribution in [-0.2, 0) is 0 Å². The number of rotatable bonds is 1. The predicted molar refractivity (Wildman–Crippen MR) is 43.5 cm³/mol. The predicted octanol–water partition coefficient (Wildman–Crippen LogP) is 3.04. The molecule has 1 radical (unpaired) electrons. The lowest BCUT2D eigenvalue weighted by Crippen LogP contribution is -2.36. The summed E-state index contributed by atoms with van der Waals surface area (Å²) < 4.78 is 0. The van der Waals surface area contributed by atoms with Crippen LogP contribution in [0.3, 0.4) is 0 Å². The van der Waals surface area contributed by atoms with Crippen molar-refractivity contribution in [1.29, 1.82) is 0 Å². The molecule has 0 aromatic carbocycles. The molecule has 0 aromatic rings. The van der Waals surface area contributed by atoms with Gasteiger partial charge in [0.15, 0.2) is 0 Å². The van der Waals surface area contributed by atoms with Crippen molar-refractivity contribution in [3.05, 3.63) is 5.92 Å². The standard InChI is InChI=1S/C10H17/c1-7(2)10-4-3-8-5-9(10)6-8/h7-8,10H,3-6H2,1-2H3. The fourth-order valence-electron chi connectivity index (χ4n) is 2.61. The lowest BCUT2D eigenvalue weighted by atomic mass is 9.57. The molecule has 3 aliphatic carbocycles. The van der Waals surface area contributed by atoms with Gasteiger partial charge in [-0.1, -0.05) is 20.3 Å². The lowest BCUT2D eigenvalue weighted by molar-refractivity contribution is 0.154. The zero-order valence-electron chi connectivity index (χ0n) is 7.06. The first-order valence-electron chi connectivity index (χ1n) is 4.62. The zero-order valence-corrected chi connectivity index (χ0v) is 7.06. The highest BCUT2D eigenvalue weighted by Gasteiger charge is 2.41. The maximum absolute atomic E-state index is 2.37. The van der Waals surface area contributed by atoms with Crippen LogP contribution in [0.5, 0.6) is 0 Å². The number of fused-ring (bicyclic) bond motifs is 2. The lowest BCUT2D eigenvalue weighted by Gasteiger charge is -2.47. The highest BCUT2D eigenvalue weighted by atomic mass is 14.5. The van der Waals surface area contributed by atoms with E-state index in [1.54, 1.807) is 0 Å². The normalized spacial score (nSPS) is 39.9. The van der Waals surface area contributed by atoms with Crippen LogP contribution in [0.25, 0.3) is 0 Å². The summed E-state index contributed by atoms with van der Waals surface area (Å²) in [6, 6.07) is 0. The Kier molecular flexibility index (Phi) is 1.51. The molecule has 0 aliphatic heterocycles. The van der Waals surface area contributed by atoms with Crippen molar-refractivity contribution in [3.63, 3.8) is 0 Å². The monoisotopic (exact) mass is 137 g/mol. The summed E-state index contributed by atoms with van der Waals surface area (Å²) in [5.41, 5.74) is 0. The molecule has 1 unspecified atom stereocenters. The molecule has 0 heterocycles. The highest BCUT2D eigenvalue weighted by molar-refractivity contribution is 5.12. The number of hydrogen-bond donors (Lipinski definition) is 0. The van der Waals surface area contributed by atoms with Crippen LogP contribution in [0.2, 0.25) is 0 Å². The van der Waals surface area contributed by atoms with Gasteiger partial charge >= 0.3 is 0 Å². The second-order valence-corrected chi connectivity index (χ2v) is 4.36. The molecule has 0 nitrogen and oxygen atoms in total.